The molecule has 0 aliphatic carbocycles. The lowest BCUT2D eigenvalue weighted by atomic mass is 9.65. The van der Waals surface area contributed by atoms with Crippen molar-refractivity contribution in [1.29, 1.82) is 0 Å². The monoisotopic (exact) mass is 440 g/mol. The summed E-state index contributed by atoms with van der Waals surface area (Å²) >= 11 is 0. The molecule has 1 aromatic heterocycles. The Morgan fingerprint density at radius 3 is 2.66 bits per heavy atom. The number of aryl methyl sites for hydroxylation is 1. The number of carbonyl (C=O) groups is 2. The second kappa shape index (κ2) is 8.89. The highest BCUT2D eigenvalue weighted by molar-refractivity contribution is 6.08. The van der Waals surface area contributed by atoms with E-state index in [-0.39, 0.29) is 23.8 Å². The van der Waals surface area contributed by atoms with E-state index in [1.165, 1.54) is 0 Å². The summed E-state index contributed by atoms with van der Waals surface area (Å²) in [7, 11) is 0. The van der Waals surface area contributed by atoms with Gasteiger partial charge >= 0.3 is 0 Å². The molecule has 1 aromatic rings. The molecule has 6 nitrogen and oxygen atoms in total. The van der Waals surface area contributed by atoms with E-state index in [1.807, 2.05) is 41.9 Å². The number of ether oxygens (including phenoxy) is 1. The summed E-state index contributed by atoms with van der Waals surface area (Å²) in [5, 5.41) is 0. The van der Waals surface area contributed by atoms with Gasteiger partial charge in [0.2, 0.25) is 11.8 Å². The van der Waals surface area contributed by atoms with Crippen molar-refractivity contribution in [1.82, 2.24) is 9.80 Å². The Kier molecular flexibility index (Phi) is 6.35. The van der Waals surface area contributed by atoms with Gasteiger partial charge in [0, 0.05) is 25.4 Å². The number of likely N-dealkylation sites (tertiary alicyclic amines) is 1. The SMILES string of the molecule is C=CCCCCN1CC[C@@H](c2coc(CCC=C)c2)[C@]2(CC3COC(C)(C)N3C2=O)C1=O. The standard InChI is InChI=1S/C26H36N2O4/c1-5-7-9-10-13-27-14-12-22(19-15-21(31-17-19)11-8-6-2)26(23(27)29)16-20-18-32-25(3,4)28(20)24(26)30/h5-6,15,17,20,22H,1-2,7-14,16,18H2,3-4H3/t20?,22-,26+/m0/s1. The van der Waals surface area contributed by atoms with Crippen LogP contribution in [0.25, 0.3) is 0 Å². The number of allylic oxidation sites excluding steroid dienone is 2. The van der Waals surface area contributed by atoms with Gasteiger partial charge in [0.05, 0.1) is 18.9 Å². The fraction of sp³-hybridized carbons (Fsp3) is 0.615. The van der Waals surface area contributed by atoms with Gasteiger partial charge in [-0.1, -0.05) is 12.2 Å². The van der Waals surface area contributed by atoms with Crippen LogP contribution in [0.15, 0.2) is 42.1 Å². The van der Waals surface area contributed by atoms with Gasteiger partial charge < -0.3 is 19.0 Å². The number of nitrogens with zero attached hydrogens (tertiary/aromatic N) is 2. The first kappa shape index (κ1) is 22.8. The molecule has 0 radical (unpaired) electrons. The highest BCUT2D eigenvalue weighted by atomic mass is 16.5. The maximum Gasteiger partial charge on any atom is 0.241 e. The van der Waals surface area contributed by atoms with Crippen molar-refractivity contribution in [2.24, 2.45) is 5.41 Å². The minimum absolute atomic E-state index is 0.0172. The molecule has 32 heavy (non-hydrogen) atoms. The number of unbranched alkanes of at least 4 members (excludes halogenated alkanes) is 2. The van der Waals surface area contributed by atoms with Crippen molar-refractivity contribution in [2.75, 3.05) is 19.7 Å². The van der Waals surface area contributed by atoms with Gasteiger partial charge in [-0.3, -0.25) is 9.59 Å². The molecular weight excluding hydrogens is 404 g/mol. The van der Waals surface area contributed by atoms with Gasteiger partial charge in [-0.15, -0.1) is 13.2 Å². The summed E-state index contributed by atoms with van der Waals surface area (Å²) in [6, 6.07) is 1.98. The number of hydrogen-bond acceptors (Lipinski definition) is 4. The molecule has 6 heteroatoms. The maximum absolute atomic E-state index is 14.0. The van der Waals surface area contributed by atoms with Crippen molar-refractivity contribution in [3.05, 3.63) is 49.0 Å². The minimum Gasteiger partial charge on any atom is -0.469 e. The van der Waals surface area contributed by atoms with Crippen LogP contribution in [0.1, 0.15) is 69.6 Å². The minimum atomic E-state index is -1.07. The van der Waals surface area contributed by atoms with Crippen LogP contribution in [0.3, 0.4) is 0 Å². The molecule has 0 bridgehead atoms. The zero-order chi connectivity index (χ0) is 22.9. The average molecular weight is 441 g/mol. The lowest BCUT2D eigenvalue weighted by Crippen LogP contribution is -2.58. The lowest BCUT2D eigenvalue weighted by Gasteiger charge is -2.44. The molecule has 3 aliphatic rings. The van der Waals surface area contributed by atoms with Crippen molar-refractivity contribution >= 4 is 11.8 Å². The van der Waals surface area contributed by atoms with E-state index in [0.29, 0.717) is 26.1 Å². The van der Waals surface area contributed by atoms with Crippen LogP contribution < -0.4 is 0 Å². The summed E-state index contributed by atoms with van der Waals surface area (Å²) in [5.74, 6) is 0.611. The van der Waals surface area contributed by atoms with Gasteiger partial charge in [-0.05, 0) is 64.0 Å². The second-order valence-corrected chi connectivity index (χ2v) is 9.85. The van der Waals surface area contributed by atoms with Gasteiger partial charge in [0.15, 0.2) is 0 Å². The highest BCUT2D eigenvalue weighted by Crippen LogP contribution is 2.55. The molecule has 1 spiro atoms. The van der Waals surface area contributed by atoms with E-state index in [0.717, 1.165) is 49.8 Å². The van der Waals surface area contributed by atoms with Crippen LogP contribution >= 0.6 is 0 Å². The molecule has 4 heterocycles. The number of rotatable bonds is 9. The zero-order valence-corrected chi connectivity index (χ0v) is 19.5. The van der Waals surface area contributed by atoms with Crippen LogP contribution in [0, 0.1) is 5.41 Å². The Morgan fingerprint density at radius 1 is 1.16 bits per heavy atom. The predicted octanol–water partition coefficient (Wildman–Crippen LogP) is 4.42. The third-order valence-corrected chi connectivity index (χ3v) is 7.44. The number of furan rings is 1. The first-order valence-corrected chi connectivity index (χ1v) is 11.9. The smallest absolute Gasteiger partial charge is 0.241 e. The molecular formula is C26H36N2O4. The molecule has 0 saturated carbocycles. The number of carbonyl (C=O) groups excluding carboxylic acids is 2. The Balaban J connectivity index is 1.65. The van der Waals surface area contributed by atoms with E-state index < -0.39 is 11.1 Å². The van der Waals surface area contributed by atoms with Crippen LogP contribution in [-0.4, -0.2) is 53.1 Å². The first-order valence-electron chi connectivity index (χ1n) is 11.9. The molecule has 174 valence electrons. The van der Waals surface area contributed by atoms with Crippen molar-refractivity contribution < 1.29 is 18.7 Å². The molecule has 1 unspecified atom stereocenters. The number of fused-ring (bicyclic) bond motifs is 1. The second-order valence-electron chi connectivity index (χ2n) is 9.85. The number of hydrogen-bond donors (Lipinski definition) is 0. The van der Waals surface area contributed by atoms with Crippen LogP contribution in [-0.2, 0) is 20.7 Å². The summed E-state index contributed by atoms with van der Waals surface area (Å²) in [5.41, 5.74) is -0.785. The van der Waals surface area contributed by atoms with Crippen molar-refractivity contribution in [3.8, 4) is 0 Å². The van der Waals surface area contributed by atoms with Crippen LogP contribution in [0.4, 0.5) is 0 Å². The Bertz CT molecular complexity index is 888. The Hall–Kier alpha value is -2.34. The Morgan fingerprint density at radius 2 is 1.94 bits per heavy atom. The molecule has 3 aliphatic heterocycles. The average Bonchev–Trinajstić information content (AvgIpc) is 3.43. The normalized spacial score (nSPS) is 29.1. The molecule has 2 amide bonds. The molecule has 4 rings (SSSR count). The summed E-state index contributed by atoms with van der Waals surface area (Å²) in [4.78, 5) is 31.8. The van der Waals surface area contributed by atoms with Crippen molar-refractivity contribution in [3.63, 3.8) is 0 Å². The van der Waals surface area contributed by atoms with E-state index in [4.69, 9.17) is 9.15 Å². The van der Waals surface area contributed by atoms with Gasteiger partial charge in [0.25, 0.3) is 0 Å². The third kappa shape index (κ3) is 3.72. The topological polar surface area (TPSA) is 63.0 Å². The van der Waals surface area contributed by atoms with Crippen molar-refractivity contribution in [2.45, 2.75) is 76.5 Å². The first-order chi connectivity index (χ1) is 15.3. The van der Waals surface area contributed by atoms with Crippen LogP contribution in [0.2, 0.25) is 0 Å². The fourth-order valence-corrected chi connectivity index (χ4v) is 5.86. The van der Waals surface area contributed by atoms with Gasteiger partial charge in [0.1, 0.15) is 16.9 Å². The summed E-state index contributed by atoms with van der Waals surface area (Å²) in [6.07, 6.45) is 11.3. The summed E-state index contributed by atoms with van der Waals surface area (Å²) < 4.78 is 11.7. The maximum atomic E-state index is 14.0. The van der Waals surface area contributed by atoms with Gasteiger partial charge in [-0.25, -0.2) is 0 Å². The van der Waals surface area contributed by atoms with E-state index in [2.05, 4.69) is 13.2 Å². The van der Waals surface area contributed by atoms with E-state index in [9.17, 15) is 9.59 Å². The van der Waals surface area contributed by atoms with E-state index >= 15 is 0 Å². The summed E-state index contributed by atoms with van der Waals surface area (Å²) in [6.45, 7) is 13.2. The Labute approximate surface area is 191 Å². The zero-order valence-electron chi connectivity index (χ0n) is 19.5. The molecule has 3 atom stereocenters. The van der Waals surface area contributed by atoms with Gasteiger partial charge in [-0.2, -0.15) is 0 Å². The number of piperidine rings is 1. The fourth-order valence-electron chi connectivity index (χ4n) is 5.86. The quantitative estimate of drug-likeness (QED) is 0.324. The third-order valence-electron chi connectivity index (χ3n) is 7.44. The number of amides is 2. The molecule has 0 aromatic carbocycles. The van der Waals surface area contributed by atoms with E-state index in [1.54, 1.807) is 6.26 Å². The molecule has 3 saturated heterocycles. The molecule has 0 N–H and O–H groups in total. The lowest BCUT2D eigenvalue weighted by molar-refractivity contribution is -0.164. The van der Waals surface area contributed by atoms with Crippen LogP contribution in [0.5, 0.6) is 0 Å². The highest BCUT2D eigenvalue weighted by Gasteiger charge is 2.67. The largest absolute Gasteiger partial charge is 0.469 e. The molecule has 3 fully saturated rings. The predicted molar refractivity (Wildman–Crippen MR) is 123 cm³/mol.